The minimum Gasteiger partial charge on any atom is -0.295 e. The molecule has 1 aliphatic rings. The molecule has 1 N–H and O–H groups in total. The molecule has 15 heavy (non-hydrogen) atoms. The maximum atomic E-state index is 11.7. The first-order valence-electron chi connectivity index (χ1n) is 5.06. The van der Waals surface area contributed by atoms with Crippen molar-refractivity contribution in [2.24, 2.45) is 5.92 Å². The van der Waals surface area contributed by atoms with Crippen molar-refractivity contribution in [3.8, 4) is 0 Å². The second-order valence-electron chi connectivity index (χ2n) is 4.05. The summed E-state index contributed by atoms with van der Waals surface area (Å²) in [6.45, 7) is 4.69. The van der Waals surface area contributed by atoms with E-state index in [1.165, 1.54) is 0 Å². The Hall–Kier alpha value is -0.970. The SMILES string of the molecule is Cc1[nH]nc(N2CC(CS)CC2=O)c1C. The Morgan fingerprint density at radius 1 is 1.60 bits per heavy atom. The van der Waals surface area contributed by atoms with Gasteiger partial charge in [0, 0.05) is 24.2 Å². The average Bonchev–Trinajstić information content (AvgIpc) is 2.73. The standard InChI is InChI=1S/C10H15N3OS/c1-6-7(2)11-12-10(6)13-4-8(5-15)3-9(13)14/h8,15H,3-5H2,1-2H3,(H,11,12). The van der Waals surface area contributed by atoms with Crippen molar-refractivity contribution in [2.75, 3.05) is 17.2 Å². The summed E-state index contributed by atoms with van der Waals surface area (Å²) in [5.41, 5.74) is 2.08. The van der Waals surface area contributed by atoms with Gasteiger partial charge in [0.1, 0.15) is 0 Å². The van der Waals surface area contributed by atoms with Crippen LogP contribution in [0, 0.1) is 19.8 Å². The van der Waals surface area contributed by atoms with Crippen molar-refractivity contribution in [2.45, 2.75) is 20.3 Å². The van der Waals surface area contributed by atoms with Gasteiger partial charge in [-0.1, -0.05) is 0 Å². The average molecular weight is 225 g/mol. The number of thiol groups is 1. The number of carbonyl (C=O) groups excluding carboxylic acids is 1. The highest BCUT2D eigenvalue weighted by molar-refractivity contribution is 7.80. The van der Waals surface area contributed by atoms with Crippen molar-refractivity contribution in [3.05, 3.63) is 11.3 Å². The van der Waals surface area contributed by atoms with Crippen molar-refractivity contribution in [1.29, 1.82) is 0 Å². The predicted octanol–water partition coefficient (Wildman–Crippen LogP) is 1.31. The number of carbonyl (C=O) groups is 1. The normalized spacial score (nSPS) is 21.4. The molecular formula is C10H15N3OS. The number of hydrogen-bond donors (Lipinski definition) is 2. The van der Waals surface area contributed by atoms with Crippen molar-refractivity contribution >= 4 is 24.4 Å². The molecule has 2 rings (SSSR count). The summed E-state index contributed by atoms with van der Waals surface area (Å²) in [4.78, 5) is 13.5. The number of hydrogen-bond acceptors (Lipinski definition) is 3. The fourth-order valence-electron chi connectivity index (χ4n) is 1.84. The highest BCUT2D eigenvalue weighted by Gasteiger charge is 2.31. The second-order valence-corrected chi connectivity index (χ2v) is 4.42. The van der Waals surface area contributed by atoms with E-state index in [2.05, 4.69) is 22.8 Å². The summed E-state index contributed by atoms with van der Waals surface area (Å²) in [7, 11) is 0. The molecule has 82 valence electrons. The third-order valence-corrected chi connectivity index (χ3v) is 3.46. The molecule has 1 fully saturated rings. The van der Waals surface area contributed by atoms with E-state index in [4.69, 9.17) is 0 Å². The Balaban J connectivity index is 2.25. The molecule has 1 aromatic heterocycles. The van der Waals surface area contributed by atoms with E-state index in [0.29, 0.717) is 12.3 Å². The van der Waals surface area contributed by atoms with Crippen LogP contribution < -0.4 is 4.90 Å². The topological polar surface area (TPSA) is 49.0 Å². The van der Waals surface area contributed by atoms with Gasteiger partial charge in [-0.25, -0.2) is 0 Å². The summed E-state index contributed by atoms with van der Waals surface area (Å²) in [5.74, 6) is 2.05. The molecule has 1 atom stereocenters. The molecule has 0 saturated carbocycles. The molecule has 4 nitrogen and oxygen atoms in total. The monoisotopic (exact) mass is 225 g/mol. The van der Waals surface area contributed by atoms with Crippen molar-refractivity contribution in [3.63, 3.8) is 0 Å². The van der Waals surface area contributed by atoms with Crippen LogP contribution in [0.2, 0.25) is 0 Å². The maximum absolute atomic E-state index is 11.7. The predicted molar refractivity (Wildman–Crippen MR) is 62.4 cm³/mol. The van der Waals surface area contributed by atoms with Crippen LogP contribution in [0.15, 0.2) is 0 Å². The first kappa shape index (κ1) is 10.5. The van der Waals surface area contributed by atoms with E-state index >= 15 is 0 Å². The molecule has 1 amide bonds. The number of amides is 1. The summed E-state index contributed by atoms with van der Waals surface area (Å²) in [6.07, 6.45) is 0.592. The zero-order valence-corrected chi connectivity index (χ0v) is 9.84. The molecule has 2 heterocycles. The number of rotatable bonds is 2. The Labute approximate surface area is 94.5 Å². The van der Waals surface area contributed by atoms with Gasteiger partial charge in [0.2, 0.25) is 5.91 Å². The lowest BCUT2D eigenvalue weighted by Crippen LogP contribution is -2.25. The van der Waals surface area contributed by atoms with Crippen LogP contribution in [0.25, 0.3) is 0 Å². The zero-order valence-electron chi connectivity index (χ0n) is 8.95. The van der Waals surface area contributed by atoms with Crippen molar-refractivity contribution in [1.82, 2.24) is 10.2 Å². The Bertz CT molecular complexity index is 388. The second kappa shape index (κ2) is 3.89. The minimum atomic E-state index is 0.156. The lowest BCUT2D eigenvalue weighted by Gasteiger charge is -2.13. The van der Waals surface area contributed by atoms with Crippen molar-refractivity contribution < 1.29 is 4.79 Å². The molecule has 0 aliphatic carbocycles. The number of aromatic amines is 1. The van der Waals surface area contributed by atoms with E-state index in [-0.39, 0.29) is 5.91 Å². The third kappa shape index (κ3) is 1.76. The minimum absolute atomic E-state index is 0.156. The quantitative estimate of drug-likeness (QED) is 0.746. The Morgan fingerprint density at radius 3 is 2.80 bits per heavy atom. The van der Waals surface area contributed by atoms with Crippen LogP contribution >= 0.6 is 12.6 Å². The summed E-state index contributed by atoms with van der Waals surface area (Å²) < 4.78 is 0. The molecule has 0 aromatic carbocycles. The van der Waals surface area contributed by atoms with Gasteiger partial charge in [-0.2, -0.15) is 17.7 Å². The summed E-state index contributed by atoms with van der Waals surface area (Å²) in [6, 6.07) is 0. The zero-order chi connectivity index (χ0) is 11.0. The lowest BCUT2D eigenvalue weighted by atomic mass is 10.1. The first-order chi connectivity index (χ1) is 7.13. The third-order valence-electron chi connectivity index (χ3n) is 2.95. The van der Waals surface area contributed by atoms with Gasteiger partial charge in [0.05, 0.1) is 0 Å². The highest BCUT2D eigenvalue weighted by atomic mass is 32.1. The van der Waals surface area contributed by atoms with Crippen LogP contribution in [-0.2, 0) is 4.79 Å². The molecule has 1 aromatic rings. The highest BCUT2D eigenvalue weighted by Crippen LogP contribution is 2.27. The smallest absolute Gasteiger partial charge is 0.228 e. The van der Waals surface area contributed by atoms with Crippen LogP contribution in [0.4, 0.5) is 5.82 Å². The Morgan fingerprint density at radius 2 is 2.33 bits per heavy atom. The molecule has 1 aliphatic heterocycles. The molecule has 5 heteroatoms. The van der Waals surface area contributed by atoms with E-state index < -0.39 is 0 Å². The largest absolute Gasteiger partial charge is 0.295 e. The number of aromatic nitrogens is 2. The van der Waals surface area contributed by atoms with E-state index in [9.17, 15) is 4.79 Å². The van der Waals surface area contributed by atoms with E-state index in [0.717, 1.165) is 29.4 Å². The van der Waals surface area contributed by atoms with Crippen LogP contribution in [-0.4, -0.2) is 28.4 Å². The molecule has 0 radical (unpaired) electrons. The number of H-pyrrole nitrogens is 1. The van der Waals surface area contributed by atoms with Gasteiger partial charge >= 0.3 is 0 Å². The number of nitrogens with one attached hydrogen (secondary N) is 1. The van der Waals surface area contributed by atoms with Gasteiger partial charge in [-0.3, -0.25) is 14.8 Å². The fraction of sp³-hybridized carbons (Fsp3) is 0.600. The molecule has 1 saturated heterocycles. The van der Waals surface area contributed by atoms with Gasteiger partial charge in [0.15, 0.2) is 5.82 Å². The molecular weight excluding hydrogens is 210 g/mol. The molecule has 0 bridgehead atoms. The fourth-order valence-corrected chi connectivity index (χ4v) is 2.09. The van der Waals surface area contributed by atoms with Gasteiger partial charge < -0.3 is 0 Å². The van der Waals surface area contributed by atoms with E-state index in [1.807, 2.05) is 13.8 Å². The maximum Gasteiger partial charge on any atom is 0.228 e. The van der Waals surface area contributed by atoms with Crippen LogP contribution in [0.5, 0.6) is 0 Å². The Kier molecular flexibility index (Phi) is 2.73. The molecule has 0 spiro atoms. The molecule has 1 unspecified atom stereocenters. The summed E-state index contributed by atoms with van der Waals surface area (Å²) >= 11 is 4.23. The van der Waals surface area contributed by atoms with Crippen LogP contribution in [0.3, 0.4) is 0 Å². The number of aryl methyl sites for hydroxylation is 1. The lowest BCUT2D eigenvalue weighted by molar-refractivity contribution is -0.117. The van der Waals surface area contributed by atoms with Gasteiger partial charge in [-0.05, 0) is 25.5 Å². The number of nitrogens with zero attached hydrogens (tertiary/aromatic N) is 2. The van der Waals surface area contributed by atoms with E-state index in [1.54, 1.807) is 4.90 Å². The number of anilines is 1. The van der Waals surface area contributed by atoms with Crippen LogP contribution in [0.1, 0.15) is 17.7 Å². The summed E-state index contributed by atoms with van der Waals surface area (Å²) in [5, 5.41) is 7.08. The van der Waals surface area contributed by atoms with Gasteiger partial charge in [-0.15, -0.1) is 0 Å². The first-order valence-corrected chi connectivity index (χ1v) is 5.69. The van der Waals surface area contributed by atoms with Gasteiger partial charge in [0.25, 0.3) is 0 Å².